The van der Waals surface area contributed by atoms with Gasteiger partial charge in [-0.3, -0.25) is 24.0 Å². The van der Waals surface area contributed by atoms with Gasteiger partial charge in [0, 0.05) is 44.2 Å². The van der Waals surface area contributed by atoms with E-state index in [0.717, 1.165) is 35.5 Å². The van der Waals surface area contributed by atoms with Crippen LogP contribution in [0.4, 0.5) is 0 Å². The van der Waals surface area contributed by atoms with Crippen LogP contribution in [0.5, 0.6) is 0 Å². The second-order valence-electron chi connectivity index (χ2n) is 9.96. The van der Waals surface area contributed by atoms with Gasteiger partial charge in [-0.15, -0.1) is 5.10 Å². The van der Waals surface area contributed by atoms with E-state index in [1.165, 1.54) is 13.1 Å². The van der Waals surface area contributed by atoms with Gasteiger partial charge in [0.05, 0.1) is 12.6 Å². The number of carbonyl (C=O) groups excluding carboxylic acids is 5. The molecule has 0 saturated carbocycles. The molecule has 3 heterocycles. The number of nitrogens with zero attached hydrogens (tertiary/aromatic N) is 5. The van der Waals surface area contributed by atoms with Crippen molar-refractivity contribution < 1.29 is 56.9 Å². The average molecular weight is 708 g/mol. The van der Waals surface area contributed by atoms with Gasteiger partial charge in [0.2, 0.25) is 11.7 Å². The Balaban J connectivity index is 1.44. The normalized spacial score (nSPS) is 20.8. The monoisotopic (exact) mass is 707 g/mol. The van der Waals surface area contributed by atoms with Gasteiger partial charge in [0.1, 0.15) is 25.0 Å². The second kappa shape index (κ2) is 15.5. The van der Waals surface area contributed by atoms with Crippen LogP contribution in [-0.2, 0) is 65.4 Å². The number of benzene rings is 1. The second-order valence-corrected chi connectivity index (χ2v) is 10.9. The van der Waals surface area contributed by atoms with Crippen molar-refractivity contribution in [2.45, 2.75) is 77.8 Å². The highest BCUT2D eigenvalue weighted by Gasteiger charge is 2.53. The molecule has 4 rings (SSSR count). The molecule has 3 aromatic rings. The van der Waals surface area contributed by atoms with E-state index in [1.807, 2.05) is 24.3 Å². The molecule has 5 atom stereocenters. The molecule has 1 aromatic carbocycles. The first-order chi connectivity index (χ1) is 21.9. The summed E-state index contributed by atoms with van der Waals surface area (Å²) < 4.78 is 39.9. The SMILES string of the molecule is CC(=O)OC[C@H]1O[C@@H](n2cc(COC(=O)CCc3nc(-c4ccc(Br)cc4)no3)nn2)[C@H](OC(C)=O)[C@@H](OC(C)=O)[C@@H]1OC(C)=O. The van der Waals surface area contributed by atoms with Crippen LogP contribution in [0.2, 0.25) is 0 Å². The van der Waals surface area contributed by atoms with Gasteiger partial charge in [0.15, 0.2) is 24.5 Å². The van der Waals surface area contributed by atoms with Crippen molar-refractivity contribution in [3.8, 4) is 11.4 Å². The van der Waals surface area contributed by atoms with Gasteiger partial charge in [0.25, 0.3) is 0 Å². The lowest BCUT2D eigenvalue weighted by atomic mass is 9.97. The molecule has 0 spiro atoms. The molecule has 18 heteroatoms. The third kappa shape index (κ3) is 9.40. The summed E-state index contributed by atoms with van der Waals surface area (Å²) in [6.07, 6.45) is -5.12. The zero-order chi connectivity index (χ0) is 33.4. The number of ether oxygens (including phenoxy) is 6. The highest BCUT2D eigenvalue weighted by atomic mass is 79.9. The summed E-state index contributed by atoms with van der Waals surface area (Å²) in [6.45, 7) is 3.84. The van der Waals surface area contributed by atoms with Gasteiger partial charge < -0.3 is 32.9 Å². The molecule has 1 aliphatic rings. The van der Waals surface area contributed by atoms with Gasteiger partial charge in [-0.1, -0.05) is 26.3 Å². The van der Waals surface area contributed by atoms with E-state index in [9.17, 15) is 24.0 Å². The number of halogens is 1. The molecule has 0 amide bonds. The number of hydrogen-bond donors (Lipinski definition) is 0. The highest BCUT2D eigenvalue weighted by molar-refractivity contribution is 9.10. The van der Waals surface area contributed by atoms with Crippen molar-refractivity contribution in [1.82, 2.24) is 25.1 Å². The summed E-state index contributed by atoms with van der Waals surface area (Å²) in [7, 11) is 0. The van der Waals surface area contributed by atoms with Crippen molar-refractivity contribution in [2.24, 2.45) is 0 Å². The number of hydrogen-bond acceptors (Lipinski definition) is 16. The average Bonchev–Trinajstić information content (AvgIpc) is 3.66. The van der Waals surface area contributed by atoms with E-state index in [2.05, 4.69) is 36.4 Å². The Morgan fingerprint density at radius 2 is 1.52 bits per heavy atom. The number of esters is 5. The van der Waals surface area contributed by atoms with Crippen molar-refractivity contribution in [3.63, 3.8) is 0 Å². The van der Waals surface area contributed by atoms with Crippen LogP contribution in [0, 0.1) is 0 Å². The van der Waals surface area contributed by atoms with Crippen LogP contribution < -0.4 is 0 Å². The first kappa shape index (κ1) is 34.2. The lowest BCUT2D eigenvalue weighted by molar-refractivity contribution is -0.270. The summed E-state index contributed by atoms with van der Waals surface area (Å²) in [6, 6.07) is 7.33. The fraction of sp³-hybridized carbons (Fsp3) is 0.464. The third-order valence-corrected chi connectivity index (χ3v) is 6.81. The van der Waals surface area contributed by atoms with Gasteiger partial charge in [-0.2, -0.15) is 4.98 Å². The quantitative estimate of drug-likeness (QED) is 0.195. The van der Waals surface area contributed by atoms with Crippen molar-refractivity contribution >= 4 is 45.8 Å². The van der Waals surface area contributed by atoms with E-state index in [4.69, 9.17) is 32.9 Å². The fourth-order valence-electron chi connectivity index (χ4n) is 4.43. The molecular weight excluding hydrogens is 678 g/mol. The van der Waals surface area contributed by atoms with Crippen LogP contribution in [-0.4, -0.2) is 86.0 Å². The van der Waals surface area contributed by atoms with Crippen LogP contribution >= 0.6 is 15.9 Å². The van der Waals surface area contributed by atoms with Crippen molar-refractivity contribution in [1.29, 1.82) is 0 Å². The molecule has 0 unspecified atom stereocenters. The topological polar surface area (TPSA) is 210 Å². The van der Waals surface area contributed by atoms with E-state index in [0.29, 0.717) is 5.82 Å². The molecule has 1 aliphatic heterocycles. The van der Waals surface area contributed by atoms with Crippen LogP contribution in [0.15, 0.2) is 39.5 Å². The third-order valence-electron chi connectivity index (χ3n) is 6.28. The first-order valence-electron chi connectivity index (χ1n) is 13.8. The van der Waals surface area contributed by atoms with Gasteiger partial charge in [-0.05, 0) is 24.3 Å². The first-order valence-corrected chi connectivity index (χ1v) is 14.6. The molecular formula is C28H30BrN5O12. The van der Waals surface area contributed by atoms with E-state index < -0.39 is 67.1 Å². The minimum Gasteiger partial charge on any atom is -0.463 e. The molecule has 2 aromatic heterocycles. The minimum absolute atomic E-state index is 0.0597. The maximum atomic E-state index is 12.4. The minimum atomic E-state index is -1.39. The Hall–Kier alpha value is -4.71. The Kier molecular flexibility index (Phi) is 11.5. The Labute approximate surface area is 269 Å². The number of aryl methyl sites for hydroxylation is 1. The lowest BCUT2D eigenvalue weighted by Gasteiger charge is -2.44. The molecule has 0 radical (unpaired) electrons. The summed E-state index contributed by atoms with van der Waals surface area (Å²) in [4.78, 5) is 64.3. The molecule has 1 fully saturated rings. The van der Waals surface area contributed by atoms with Crippen molar-refractivity contribution in [2.75, 3.05) is 6.61 Å². The molecule has 46 heavy (non-hydrogen) atoms. The number of carbonyl (C=O) groups is 5. The Morgan fingerprint density at radius 3 is 2.17 bits per heavy atom. The highest BCUT2D eigenvalue weighted by Crippen LogP contribution is 2.34. The van der Waals surface area contributed by atoms with Crippen molar-refractivity contribution in [3.05, 3.63) is 46.5 Å². The molecule has 246 valence electrons. The molecule has 1 saturated heterocycles. The zero-order valence-electron chi connectivity index (χ0n) is 25.1. The number of aromatic nitrogens is 5. The zero-order valence-corrected chi connectivity index (χ0v) is 26.7. The van der Waals surface area contributed by atoms with Crippen LogP contribution in [0.25, 0.3) is 11.4 Å². The van der Waals surface area contributed by atoms with Gasteiger partial charge in [-0.25, -0.2) is 4.68 Å². The standard InChI is InChI=1S/C28H30BrN5O12/c1-14(35)40-13-21-24(42-15(2)36)25(43-16(3)37)26(44-17(4)38)28(45-21)34-11-20(31-33-34)12-41-23(39)10-9-22-30-27(32-46-22)18-5-7-19(29)8-6-18/h5-8,11,21,24-26,28H,9-10,12-13H2,1-4H3/t21-,24-,25+,26-,28-/m1/s1. The van der Waals surface area contributed by atoms with E-state index >= 15 is 0 Å². The summed E-state index contributed by atoms with van der Waals surface area (Å²) in [5.41, 5.74) is 0.942. The van der Waals surface area contributed by atoms with E-state index in [-0.39, 0.29) is 31.0 Å². The lowest BCUT2D eigenvalue weighted by Crippen LogP contribution is -2.60. The Morgan fingerprint density at radius 1 is 0.870 bits per heavy atom. The van der Waals surface area contributed by atoms with Crippen LogP contribution in [0.3, 0.4) is 0 Å². The maximum Gasteiger partial charge on any atom is 0.306 e. The largest absolute Gasteiger partial charge is 0.463 e. The fourth-order valence-corrected chi connectivity index (χ4v) is 4.69. The summed E-state index contributed by atoms with van der Waals surface area (Å²) >= 11 is 3.36. The smallest absolute Gasteiger partial charge is 0.306 e. The Bertz CT molecular complexity index is 1560. The maximum absolute atomic E-state index is 12.4. The van der Waals surface area contributed by atoms with Crippen LogP contribution in [0.1, 0.15) is 51.9 Å². The van der Waals surface area contributed by atoms with Gasteiger partial charge >= 0.3 is 29.8 Å². The molecule has 0 aliphatic carbocycles. The summed E-state index contributed by atoms with van der Waals surface area (Å²) in [5, 5.41) is 11.9. The van der Waals surface area contributed by atoms with E-state index in [1.54, 1.807) is 0 Å². The molecule has 0 N–H and O–H groups in total. The molecule has 0 bridgehead atoms. The molecule has 17 nitrogen and oxygen atoms in total. The number of rotatable bonds is 12. The summed E-state index contributed by atoms with van der Waals surface area (Å²) in [5.74, 6) is -2.89. The predicted molar refractivity (Wildman–Crippen MR) is 153 cm³/mol. The predicted octanol–water partition coefficient (Wildman–Crippen LogP) is 2.02.